The zero-order valence-corrected chi connectivity index (χ0v) is 10.6. The van der Waals surface area contributed by atoms with Crippen molar-refractivity contribution in [3.63, 3.8) is 0 Å². The van der Waals surface area contributed by atoms with Crippen LogP contribution in [0.15, 0.2) is 0 Å². The molecule has 3 nitrogen and oxygen atoms in total. The van der Waals surface area contributed by atoms with E-state index < -0.39 is 11.6 Å². The van der Waals surface area contributed by atoms with E-state index in [0.29, 0.717) is 0 Å². The summed E-state index contributed by atoms with van der Waals surface area (Å²) in [7, 11) is 1.72. The molecule has 0 amide bonds. The van der Waals surface area contributed by atoms with E-state index in [-0.39, 0.29) is 11.7 Å². The number of nitrogens with one attached hydrogen (secondary N) is 1. The van der Waals surface area contributed by atoms with Crippen molar-refractivity contribution in [3.8, 4) is 0 Å². The summed E-state index contributed by atoms with van der Waals surface area (Å²) in [5.41, 5.74) is -0.994. The van der Waals surface area contributed by atoms with Crippen molar-refractivity contribution < 1.29 is 9.90 Å². The monoisotopic (exact) mass is 215 g/mol. The van der Waals surface area contributed by atoms with Crippen LogP contribution in [-0.2, 0) is 4.79 Å². The molecule has 0 rings (SSSR count). The van der Waals surface area contributed by atoms with E-state index in [2.05, 4.69) is 12.2 Å². The van der Waals surface area contributed by atoms with Crippen LogP contribution < -0.4 is 5.32 Å². The van der Waals surface area contributed by atoms with Crippen LogP contribution in [0, 0.1) is 5.92 Å². The molecule has 0 saturated heterocycles. The molecule has 0 fully saturated rings. The topological polar surface area (TPSA) is 49.3 Å². The van der Waals surface area contributed by atoms with Crippen molar-refractivity contribution in [1.82, 2.24) is 5.32 Å². The molecule has 0 radical (unpaired) electrons. The summed E-state index contributed by atoms with van der Waals surface area (Å²) in [6.07, 6.45) is 3.07. The number of rotatable bonds is 7. The molecule has 90 valence electrons. The van der Waals surface area contributed by atoms with Crippen LogP contribution in [0.5, 0.6) is 0 Å². The lowest BCUT2D eigenvalue weighted by molar-refractivity contribution is -0.130. The van der Waals surface area contributed by atoms with E-state index >= 15 is 0 Å². The van der Waals surface area contributed by atoms with E-state index in [4.69, 9.17) is 0 Å². The summed E-state index contributed by atoms with van der Waals surface area (Å²) in [5.74, 6) is 0.132. The fraction of sp³-hybridized carbons (Fsp3) is 0.917. The molecule has 1 unspecified atom stereocenters. The third kappa shape index (κ3) is 4.76. The largest absolute Gasteiger partial charge is 0.388 e. The number of aliphatic hydroxyl groups is 1. The molecule has 0 aromatic rings. The maximum absolute atomic E-state index is 12.0. The minimum absolute atomic E-state index is 0.0221. The van der Waals surface area contributed by atoms with Crippen molar-refractivity contribution >= 4 is 5.78 Å². The molecule has 0 aliphatic rings. The van der Waals surface area contributed by atoms with Gasteiger partial charge in [0.1, 0.15) is 0 Å². The van der Waals surface area contributed by atoms with Gasteiger partial charge in [-0.25, -0.2) is 0 Å². The van der Waals surface area contributed by atoms with Gasteiger partial charge >= 0.3 is 0 Å². The van der Waals surface area contributed by atoms with Crippen LogP contribution >= 0.6 is 0 Å². The van der Waals surface area contributed by atoms with Gasteiger partial charge in [0.2, 0.25) is 0 Å². The number of unbranched alkanes of at least 4 members (excludes halogenated alkanes) is 1. The maximum Gasteiger partial charge on any atom is 0.155 e. The van der Waals surface area contributed by atoms with Gasteiger partial charge in [0.25, 0.3) is 0 Å². The van der Waals surface area contributed by atoms with Gasteiger partial charge in [0.05, 0.1) is 11.6 Å². The van der Waals surface area contributed by atoms with Gasteiger partial charge in [-0.05, 0) is 27.3 Å². The Kier molecular flexibility index (Phi) is 6.06. The molecule has 0 aromatic heterocycles. The summed E-state index contributed by atoms with van der Waals surface area (Å²) in [5, 5.41) is 12.7. The average Bonchev–Trinajstić information content (AvgIpc) is 2.12. The number of hydrogen-bond donors (Lipinski definition) is 2. The third-order valence-electron chi connectivity index (χ3n) is 2.76. The molecule has 0 spiro atoms. The number of Topliss-reactive ketones (excluding diaryl/α,β-unsaturated/α-hetero) is 1. The Morgan fingerprint density at radius 3 is 2.33 bits per heavy atom. The van der Waals surface area contributed by atoms with E-state index in [1.165, 1.54) is 0 Å². The first kappa shape index (κ1) is 14.6. The minimum atomic E-state index is -0.994. The molecule has 3 heteroatoms. The van der Waals surface area contributed by atoms with Gasteiger partial charge < -0.3 is 10.4 Å². The first-order chi connectivity index (χ1) is 6.84. The van der Waals surface area contributed by atoms with Gasteiger partial charge in [-0.1, -0.05) is 26.7 Å². The predicted octanol–water partition coefficient (Wildman–Crippen LogP) is 1.74. The summed E-state index contributed by atoms with van der Waals surface area (Å²) >= 11 is 0. The molecule has 0 heterocycles. The molecule has 0 aliphatic carbocycles. The highest BCUT2D eigenvalue weighted by atomic mass is 16.3. The molecule has 0 bridgehead atoms. The van der Waals surface area contributed by atoms with Crippen LogP contribution in [0.25, 0.3) is 0 Å². The number of likely N-dealkylation sites (N-methyl/N-ethyl adjacent to an activating group) is 1. The minimum Gasteiger partial charge on any atom is -0.388 e. The lowest BCUT2D eigenvalue weighted by Crippen LogP contribution is -2.52. The first-order valence-electron chi connectivity index (χ1n) is 5.78. The average molecular weight is 215 g/mol. The summed E-state index contributed by atoms with van der Waals surface area (Å²) in [6.45, 7) is 7.38. The Morgan fingerprint density at radius 2 is 2.00 bits per heavy atom. The molecular weight excluding hydrogens is 190 g/mol. The van der Waals surface area contributed by atoms with E-state index in [9.17, 15) is 9.90 Å². The second kappa shape index (κ2) is 6.23. The zero-order valence-electron chi connectivity index (χ0n) is 10.6. The Hall–Kier alpha value is -0.410. The molecule has 2 atom stereocenters. The van der Waals surface area contributed by atoms with E-state index in [1.54, 1.807) is 20.9 Å². The Labute approximate surface area is 93.3 Å². The normalized spacial score (nSPS) is 16.1. The summed E-state index contributed by atoms with van der Waals surface area (Å²) < 4.78 is 0. The fourth-order valence-corrected chi connectivity index (χ4v) is 1.78. The second-order valence-corrected chi connectivity index (χ2v) is 4.82. The molecule has 0 aliphatic heterocycles. The lowest BCUT2D eigenvalue weighted by atomic mass is 9.87. The SMILES string of the molecule is CCCCC(C)C(=O)[C@@H](NC)C(C)(C)O. The molecular formula is C12H25NO2. The summed E-state index contributed by atoms with van der Waals surface area (Å²) in [6, 6.07) is -0.468. The van der Waals surface area contributed by atoms with Crippen LogP contribution in [0.4, 0.5) is 0 Å². The van der Waals surface area contributed by atoms with Crippen molar-refractivity contribution in [1.29, 1.82) is 0 Å². The maximum atomic E-state index is 12.0. The molecule has 2 N–H and O–H groups in total. The van der Waals surface area contributed by atoms with Crippen molar-refractivity contribution in [3.05, 3.63) is 0 Å². The molecule has 0 saturated carbocycles. The standard InChI is InChI=1S/C12H25NO2/c1-6-7-8-9(2)10(14)11(13-5)12(3,4)15/h9,11,13,15H,6-8H2,1-5H3/t9?,11-/m1/s1. The highest BCUT2D eigenvalue weighted by molar-refractivity contribution is 5.87. The van der Waals surface area contributed by atoms with Crippen molar-refractivity contribution in [2.45, 2.75) is 58.6 Å². The highest BCUT2D eigenvalue weighted by Crippen LogP contribution is 2.17. The molecule has 15 heavy (non-hydrogen) atoms. The van der Waals surface area contributed by atoms with Gasteiger partial charge in [-0.2, -0.15) is 0 Å². The predicted molar refractivity (Wildman–Crippen MR) is 62.8 cm³/mol. The Balaban J connectivity index is 4.39. The Bertz CT molecular complexity index is 196. The number of ketones is 1. The highest BCUT2D eigenvalue weighted by Gasteiger charge is 2.33. The van der Waals surface area contributed by atoms with Gasteiger partial charge in [-0.3, -0.25) is 4.79 Å². The third-order valence-corrected chi connectivity index (χ3v) is 2.76. The van der Waals surface area contributed by atoms with Crippen LogP contribution in [-0.4, -0.2) is 29.6 Å². The van der Waals surface area contributed by atoms with Gasteiger partial charge in [-0.15, -0.1) is 0 Å². The quantitative estimate of drug-likeness (QED) is 0.680. The van der Waals surface area contributed by atoms with Gasteiger partial charge in [0.15, 0.2) is 5.78 Å². The first-order valence-corrected chi connectivity index (χ1v) is 5.78. The Morgan fingerprint density at radius 1 is 1.47 bits per heavy atom. The van der Waals surface area contributed by atoms with Crippen LogP contribution in [0.1, 0.15) is 47.0 Å². The van der Waals surface area contributed by atoms with Crippen LogP contribution in [0.2, 0.25) is 0 Å². The van der Waals surface area contributed by atoms with E-state index in [1.807, 2.05) is 6.92 Å². The number of carbonyl (C=O) groups is 1. The van der Waals surface area contributed by atoms with Gasteiger partial charge in [0, 0.05) is 5.92 Å². The van der Waals surface area contributed by atoms with E-state index in [0.717, 1.165) is 19.3 Å². The lowest BCUT2D eigenvalue weighted by Gasteiger charge is -2.29. The fourth-order valence-electron chi connectivity index (χ4n) is 1.78. The van der Waals surface area contributed by atoms with Crippen molar-refractivity contribution in [2.75, 3.05) is 7.05 Å². The number of carbonyl (C=O) groups excluding carboxylic acids is 1. The second-order valence-electron chi connectivity index (χ2n) is 4.82. The number of hydrogen-bond acceptors (Lipinski definition) is 3. The van der Waals surface area contributed by atoms with Crippen molar-refractivity contribution in [2.24, 2.45) is 5.92 Å². The van der Waals surface area contributed by atoms with Crippen LogP contribution in [0.3, 0.4) is 0 Å². The summed E-state index contributed by atoms with van der Waals surface area (Å²) in [4.78, 5) is 12.0. The smallest absolute Gasteiger partial charge is 0.155 e. The zero-order chi connectivity index (χ0) is 12.1. The molecule has 0 aromatic carbocycles.